The van der Waals surface area contributed by atoms with Crippen molar-refractivity contribution < 1.29 is 19.1 Å². The molecule has 0 saturated heterocycles. The van der Waals surface area contributed by atoms with Crippen LogP contribution in [0.2, 0.25) is 0 Å². The van der Waals surface area contributed by atoms with Gasteiger partial charge in [-0.05, 0) is 31.5 Å². The van der Waals surface area contributed by atoms with Crippen LogP contribution in [0.25, 0.3) is 10.8 Å². The maximum absolute atomic E-state index is 12.0. The number of carboxylic acids is 1. The van der Waals surface area contributed by atoms with Gasteiger partial charge in [-0.15, -0.1) is 10.2 Å². The molecule has 9 nitrogen and oxygen atoms in total. The number of rotatable bonds is 7. The highest BCUT2D eigenvalue weighted by atomic mass is 32.1. The second-order valence-electron chi connectivity index (χ2n) is 5.77. The largest absolute Gasteiger partial charge is 0.480 e. The summed E-state index contributed by atoms with van der Waals surface area (Å²) >= 11 is 1.23. The van der Waals surface area contributed by atoms with E-state index in [1.807, 2.05) is 11.8 Å². The topological polar surface area (TPSA) is 121 Å². The Labute approximate surface area is 148 Å². The molecule has 3 rings (SSSR count). The Hall–Kier alpha value is -2.46. The number of carbonyl (C=O) groups excluding carboxylic acids is 1. The van der Waals surface area contributed by atoms with Crippen molar-refractivity contribution in [3.8, 4) is 10.8 Å². The lowest BCUT2D eigenvalue weighted by Gasteiger charge is -2.42. The molecule has 10 heteroatoms. The van der Waals surface area contributed by atoms with Crippen molar-refractivity contribution in [2.75, 3.05) is 18.4 Å². The van der Waals surface area contributed by atoms with Crippen LogP contribution < -0.4 is 10.6 Å². The van der Waals surface area contributed by atoms with Gasteiger partial charge in [0.25, 0.3) is 0 Å². The first-order valence-corrected chi connectivity index (χ1v) is 8.77. The lowest BCUT2D eigenvalue weighted by molar-refractivity contribution is -0.139. The molecular weight excluding hydrogens is 346 g/mol. The van der Waals surface area contributed by atoms with Crippen molar-refractivity contribution in [1.29, 1.82) is 0 Å². The maximum atomic E-state index is 12.0. The zero-order chi connectivity index (χ0) is 17.8. The van der Waals surface area contributed by atoms with Crippen LogP contribution in [0.1, 0.15) is 19.8 Å². The minimum Gasteiger partial charge on any atom is -0.480 e. The Bertz CT molecular complexity index is 726. The summed E-state index contributed by atoms with van der Waals surface area (Å²) < 4.78 is 5.23. The molecule has 25 heavy (non-hydrogen) atoms. The summed E-state index contributed by atoms with van der Waals surface area (Å²) in [5.41, 5.74) is 0. The molecule has 1 fully saturated rings. The lowest BCUT2D eigenvalue weighted by Crippen LogP contribution is -2.55. The molecule has 2 aromatic heterocycles. The third-order valence-corrected chi connectivity index (χ3v) is 4.94. The summed E-state index contributed by atoms with van der Waals surface area (Å²) in [6.45, 7) is 2.64. The minimum atomic E-state index is -0.834. The summed E-state index contributed by atoms with van der Waals surface area (Å²) in [7, 11) is 0. The smallest absolute Gasteiger partial charge is 0.321 e. The summed E-state index contributed by atoms with van der Waals surface area (Å²) in [6.07, 6.45) is 3.03. The second kappa shape index (κ2) is 7.62. The monoisotopic (exact) mass is 365 g/mol. The summed E-state index contributed by atoms with van der Waals surface area (Å²) in [4.78, 5) is 24.7. The predicted octanol–water partition coefficient (Wildman–Crippen LogP) is 1.86. The van der Waals surface area contributed by atoms with Crippen molar-refractivity contribution >= 4 is 28.5 Å². The predicted molar refractivity (Wildman–Crippen MR) is 91.5 cm³/mol. The molecular formula is C15H19N5O4S. The standard InChI is InChI=1S/C15H19N5O4S/c1-2-20(8-12(21)22)10-6-9(7-10)16-14(23)17-15-19-18-13(25-15)11-4-3-5-24-11/h3-5,9-10H,2,6-8H2,1H3,(H,21,22)(H2,16,17,19,23). The Morgan fingerprint density at radius 3 is 2.88 bits per heavy atom. The fraction of sp³-hybridized carbons (Fsp3) is 0.467. The molecule has 0 atom stereocenters. The number of nitrogens with zero attached hydrogens (tertiary/aromatic N) is 3. The molecule has 1 saturated carbocycles. The number of amides is 2. The highest BCUT2D eigenvalue weighted by molar-refractivity contribution is 7.18. The normalized spacial score (nSPS) is 19.4. The molecule has 1 aliphatic rings. The molecule has 0 aromatic carbocycles. The molecule has 3 N–H and O–H groups in total. The van der Waals surface area contributed by atoms with Gasteiger partial charge >= 0.3 is 12.0 Å². The first-order valence-electron chi connectivity index (χ1n) is 7.96. The van der Waals surface area contributed by atoms with Gasteiger partial charge in [0.05, 0.1) is 12.8 Å². The number of anilines is 1. The second-order valence-corrected chi connectivity index (χ2v) is 6.74. The van der Waals surface area contributed by atoms with Crippen molar-refractivity contribution in [2.45, 2.75) is 31.8 Å². The van der Waals surface area contributed by atoms with Gasteiger partial charge in [0.2, 0.25) is 5.13 Å². The number of nitrogens with one attached hydrogen (secondary N) is 2. The van der Waals surface area contributed by atoms with E-state index in [0.717, 1.165) is 12.8 Å². The zero-order valence-corrected chi connectivity index (χ0v) is 14.5. The highest BCUT2D eigenvalue weighted by Crippen LogP contribution is 2.27. The van der Waals surface area contributed by atoms with Gasteiger partial charge in [0.1, 0.15) is 0 Å². The van der Waals surface area contributed by atoms with Crippen LogP contribution in [-0.2, 0) is 4.79 Å². The number of hydrogen-bond acceptors (Lipinski definition) is 7. The van der Waals surface area contributed by atoms with Crippen LogP contribution >= 0.6 is 11.3 Å². The van der Waals surface area contributed by atoms with Crippen molar-refractivity contribution in [2.24, 2.45) is 0 Å². The SMILES string of the molecule is CCN(CC(=O)O)C1CC(NC(=O)Nc2nnc(-c3ccco3)s2)C1. The van der Waals surface area contributed by atoms with E-state index in [1.54, 1.807) is 18.4 Å². The first-order chi connectivity index (χ1) is 12.0. The molecule has 134 valence electrons. The van der Waals surface area contributed by atoms with E-state index in [-0.39, 0.29) is 24.7 Å². The third kappa shape index (κ3) is 4.34. The van der Waals surface area contributed by atoms with Gasteiger partial charge in [-0.3, -0.25) is 15.0 Å². The van der Waals surface area contributed by atoms with Crippen molar-refractivity contribution in [3.05, 3.63) is 18.4 Å². The molecule has 0 bridgehead atoms. The molecule has 2 heterocycles. The van der Waals surface area contributed by atoms with E-state index in [4.69, 9.17) is 9.52 Å². The van der Waals surface area contributed by atoms with E-state index in [2.05, 4.69) is 20.8 Å². The van der Waals surface area contributed by atoms with Crippen molar-refractivity contribution in [3.63, 3.8) is 0 Å². The Morgan fingerprint density at radius 2 is 2.24 bits per heavy atom. The van der Waals surface area contributed by atoms with E-state index < -0.39 is 5.97 Å². The Morgan fingerprint density at radius 1 is 1.44 bits per heavy atom. The average molecular weight is 365 g/mol. The van der Waals surface area contributed by atoms with Crippen molar-refractivity contribution in [1.82, 2.24) is 20.4 Å². The molecule has 2 amide bonds. The van der Waals surface area contributed by atoms with Crippen LogP contribution in [0.5, 0.6) is 0 Å². The fourth-order valence-corrected chi connectivity index (χ4v) is 3.48. The van der Waals surface area contributed by atoms with Crippen LogP contribution in [-0.4, -0.2) is 57.4 Å². The maximum Gasteiger partial charge on any atom is 0.321 e. The highest BCUT2D eigenvalue weighted by Gasteiger charge is 2.34. The van der Waals surface area contributed by atoms with Gasteiger partial charge < -0.3 is 14.8 Å². The van der Waals surface area contributed by atoms with Crippen LogP contribution in [0.15, 0.2) is 22.8 Å². The molecule has 0 radical (unpaired) electrons. The molecule has 1 aliphatic carbocycles. The third-order valence-electron chi connectivity index (χ3n) is 4.09. The van der Waals surface area contributed by atoms with Gasteiger partial charge in [0, 0.05) is 12.1 Å². The summed E-state index contributed by atoms with van der Waals surface area (Å²) in [5, 5.41) is 23.3. The number of carbonyl (C=O) groups is 2. The van der Waals surface area contributed by atoms with Gasteiger partial charge in [-0.2, -0.15) is 0 Å². The van der Waals surface area contributed by atoms with Gasteiger partial charge in [-0.25, -0.2) is 4.79 Å². The molecule has 0 spiro atoms. The molecule has 0 aliphatic heterocycles. The molecule has 2 aromatic rings. The number of aliphatic carboxylic acids is 1. The first kappa shape index (κ1) is 17.4. The van der Waals surface area contributed by atoms with E-state index in [9.17, 15) is 9.59 Å². The van der Waals surface area contributed by atoms with Gasteiger partial charge in [-0.1, -0.05) is 18.3 Å². The molecule has 0 unspecified atom stereocenters. The number of carboxylic acid groups (broad SMARTS) is 1. The quantitative estimate of drug-likeness (QED) is 0.685. The minimum absolute atomic E-state index is 0.0282. The van der Waals surface area contributed by atoms with Crippen LogP contribution in [0.4, 0.5) is 9.93 Å². The number of urea groups is 1. The lowest BCUT2D eigenvalue weighted by atomic mass is 9.85. The zero-order valence-electron chi connectivity index (χ0n) is 13.6. The number of likely N-dealkylation sites (N-methyl/N-ethyl adjacent to an activating group) is 1. The van der Waals surface area contributed by atoms with Gasteiger partial charge in [0.15, 0.2) is 10.8 Å². The van der Waals surface area contributed by atoms with E-state index in [0.29, 0.717) is 22.4 Å². The number of hydrogen-bond donors (Lipinski definition) is 3. The summed E-state index contributed by atoms with van der Waals surface area (Å²) in [6, 6.07) is 3.42. The van der Waals surface area contributed by atoms with Crippen LogP contribution in [0, 0.1) is 0 Å². The summed E-state index contributed by atoms with van der Waals surface area (Å²) in [5.74, 6) is -0.231. The van der Waals surface area contributed by atoms with E-state index >= 15 is 0 Å². The average Bonchev–Trinajstić information content (AvgIpc) is 3.19. The number of furan rings is 1. The fourth-order valence-electron chi connectivity index (χ4n) is 2.77. The van der Waals surface area contributed by atoms with E-state index in [1.165, 1.54) is 11.3 Å². The Kier molecular flexibility index (Phi) is 5.29. The number of aromatic nitrogens is 2. The Balaban J connectivity index is 1.44. The van der Waals surface area contributed by atoms with Crippen LogP contribution in [0.3, 0.4) is 0 Å².